The Morgan fingerprint density at radius 2 is 1.72 bits per heavy atom. The Morgan fingerprint density at radius 1 is 1.02 bits per heavy atom. The molecule has 0 bridgehead atoms. The summed E-state index contributed by atoms with van der Waals surface area (Å²) in [6, 6.07) is -1.71. The van der Waals surface area contributed by atoms with Crippen LogP contribution in [-0.4, -0.2) is 100 Å². The molecule has 9 atom stereocenters. The summed E-state index contributed by atoms with van der Waals surface area (Å²) in [5.74, 6) is -4.95. The van der Waals surface area contributed by atoms with Crippen molar-refractivity contribution in [1.82, 2.24) is 0 Å². The molecular weight excluding hydrogens is 728 g/mol. The van der Waals surface area contributed by atoms with Crippen molar-refractivity contribution in [2.45, 2.75) is 89.1 Å². The summed E-state index contributed by atoms with van der Waals surface area (Å²) < 4.78 is 15.9. The van der Waals surface area contributed by atoms with E-state index in [0.717, 1.165) is 5.57 Å². The van der Waals surface area contributed by atoms with E-state index < -0.39 is 106 Å². The van der Waals surface area contributed by atoms with Gasteiger partial charge < -0.3 is 39.6 Å². The molecule has 0 aliphatic heterocycles. The highest BCUT2D eigenvalue weighted by Gasteiger charge is 2.70. The highest BCUT2D eigenvalue weighted by Crippen LogP contribution is 2.67. The number of carbonyl (C=O) groups excluding carboxylic acids is 5. The molecule has 2 fully saturated rings. The van der Waals surface area contributed by atoms with Crippen molar-refractivity contribution in [3.8, 4) is 0 Å². The second kappa shape index (κ2) is 16.8. The zero-order chi connectivity index (χ0) is 40.0. The number of allylic oxidation sites excluding steroid dienone is 4. The Hall–Kier alpha value is -5.25. The number of hydrogen-bond acceptors (Lipinski definition) is 19. The molecule has 22 heteroatoms. The summed E-state index contributed by atoms with van der Waals surface area (Å²) in [6.45, 7) is 0.479. The van der Waals surface area contributed by atoms with Gasteiger partial charge in [-0.15, -0.1) is 30.3 Å². The fourth-order valence-electron chi connectivity index (χ4n) is 8.75. The van der Waals surface area contributed by atoms with Crippen LogP contribution in [0.4, 0.5) is 0 Å². The number of aliphatic hydroxyl groups is 1. The lowest BCUT2D eigenvalue weighted by atomic mass is 9.47. The van der Waals surface area contributed by atoms with Crippen molar-refractivity contribution in [3.63, 3.8) is 0 Å². The highest BCUT2D eigenvalue weighted by molar-refractivity contribution is 5.94. The minimum atomic E-state index is -1.91. The molecule has 4 rings (SSSR count). The van der Waals surface area contributed by atoms with Crippen molar-refractivity contribution < 1.29 is 73.1 Å². The molecule has 298 valence electrons. The Morgan fingerprint density at radius 3 is 2.39 bits per heavy atom. The Bertz CT molecular complexity index is 1600. The number of ketones is 2. The number of rotatable bonds is 19. The van der Waals surface area contributed by atoms with Gasteiger partial charge >= 0.3 is 17.9 Å². The number of fused-ring (bicyclic) bond motifs is 5. The molecule has 0 saturated heterocycles. The second-order valence-electron chi connectivity index (χ2n) is 14.2. The van der Waals surface area contributed by atoms with Crippen molar-refractivity contribution in [2.24, 2.45) is 34.3 Å². The number of nitrogens with two attached hydrogens (primary N) is 1. The fourth-order valence-corrected chi connectivity index (χ4v) is 8.75. The average molecular weight is 771 g/mol. The quantitative estimate of drug-likeness (QED) is 0.0456. The molecule has 0 radical (unpaired) electrons. The summed E-state index contributed by atoms with van der Waals surface area (Å²) in [5, 5.41) is 39.8. The van der Waals surface area contributed by atoms with Gasteiger partial charge in [0.15, 0.2) is 24.1 Å². The van der Waals surface area contributed by atoms with Crippen LogP contribution in [-0.2, 0) is 52.7 Å². The topological polar surface area (TPSA) is 316 Å². The number of Topliss-reactive ketones (excluding diaryl/α,β-unsaturated/α-hetero) is 1. The first-order chi connectivity index (χ1) is 25.3. The lowest BCUT2D eigenvalue weighted by Gasteiger charge is -2.59. The Balaban J connectivity index is 1.48. The maximum absolute atomic E-state index is 14.2. The molecule has 2 saturated carbocycles. The van der Waals surface area contributed by atoms with Crippen molar-refractivity contribution in [2.75, 3.05) is 26.4 Å². The van der Waals surface area contributed by atoms with Crippen LogP contribution in [0.2, 0.25) is 0 Å². The third-order valence-corrected chi connectivity index (χ3v) is 11.1. The summed E-state index contributed by atoms with van der Waals surface area (Å²) in [7, 11) is 0. The fraction of sp³-hybridized carbons (Fsp3) is 0.719. The third kappa shape index (κ3) is 8.92. The van der Waals surface area contributed by atoms with Gasteiger partial charge in [0.25, 0.3) is 15.3 Å². The number of hydrogen-bond donors (Lipinski definition) is 2. The molecule has 0 spiro atoms. The van der Waals surface area contributed by atoms with Crippen LogP contribution in [0, 0.1) is 58.9 Å². The Kier molecular flexibility index (Phi) is 12.9. The largest absolute Gasteiger partial charge is 0.462 e. The monoisotopic (exact) mass is 770 g/mol. The highest BCUT2D eigenvalue weighted by atomic mass is 17.0. The summed E-state index contributed by atoms with van der Waals surface area (Å²) in [5.41, 5.74) is 2.92. The molecule has 22 nitrogen and oxygen atoms in total. The van der Waals surface area contributed by atoms with Crippen molar-refractivity contribution in [1.29, 1.82) is 0 Å². The van der Waals surface area contributed by atoms with Gasteiger partial charge in [-0.3, -0.25) is 24.0 Å². The molecule has 4 aliphatic rings. The van der Waals surface area contributed by atoms with Gasteiger partial charge in [-0.1, -0.05) is 31.6 Å². The molecule has 4 unspecified atom stereocenters. The molecule has 0 aromatic rings. The molecule has 4 aliphatic carbocycles. The SMILES string of the molecule is C[C@]12C=CC(=O)CC1=CCC1C3CC[C@](OC(=O)CCCO[N+](=O)[O-])(C(=O)COC(=O)CC(N)C(=O)OCC(CO[N+](=O)[O-])O[N+](=O)[O-])[C@@]3(C)C[C@H](O)[C@@H]12. The molecule has 54 heavy (non-hydrogen) atoms. The number of ether oxygens (including phenoxy) is 3. The van der Waals surface area contributed by atoms with E-state index in [4.69, 9.17) is 19.9 Å². The molecule has 0 aromatic heterocycles. The number of aliphatic hydroxyl groups excluding tert-OH is 1. The maximum atomic E-state index is 14.2. The molecule has 0 heterocycles. The van der Waals surface area contributed by atoms with E-state index in [0.29, 0.717) is 12.8 Å². The first-order valence-electron chi connectivity index (χ1n) is 17.1. The van der Waals surface area contributed by atoms with Crippen LogP contribution in [0.25, 0.3) is 0 Å². The van der Waals surface area contributed by atoms with E-state index in [9.17, 15) is 59.4 Å². The number of nitrogens with zero attached hydrogens (tertiary/aromatic N) is 3. The van der Waals surface area contributed by atoms with Crippen molar-refractivity contribution in [3.05, 3.63) is 54.1 Å². The van der Waals surface area contributed by atoms with Gasteiger partial charge in [0, 0.05) is 29.6 Å². The van der Waals surface area contributed by atoms with Gasteiger partial charge in [-0.05, 0) is 50.0 Å². The smallest absolute Gasteiger partial charge is 0.323 e. The predicted molar refractivity (Wildman–Crippen MR) is 173 cm³/mol. The number of esters is 3. The van der Waals surface area contributed by atoms with Crippen LogP contribution < -0.4 is 5.73 Å². The first-order valence-corrected chi connectivity index (χ1v) is 17.1. The second-order valence-corrected chi connectivity index (χ2v) is 14.2. The summed E-state index contributed by atoms with van der Waals surface area (Å²) in [4.78, 5) is 109. The van der Waals surface area contributed by atoms with Crippen LogP contribution in [0.5, 0.6) is 0 Å². The van der Waals surface area contributed by atoms with Crippen LogP contribution >= 0.6 is 0 Å². The van der Waals surface area contributed by atoms with Crippen LogP contribution in [0.1, 0.15) is 65.2 Å². The predicted octanol–water partition coefficient (Wildman–Crippen LogP) is 0.694. The molecule has 3 N–H and O–H groups in total. The average Bonchev–Trinajstić information content (AvgIpc) is 3.38. The van der Waals surface area contributed by atoms with Crippen molar-refractivity contribution >= 4 is 29.5 Å². The maximum Gasteiger partial charge on any atom is 0.323 e. The normalized spacial score (nSPS) is 30.5. The van der Waals surface area contributed by atoms with Gasteiger partial charge in [0.2, 0.25) is 5.78 Å². The summed E-state index contributed by atoms with van der Waals surface area (Å²) in [6.07, 6.45) is 2.43. The minimum absolute atomic E-state index is 0.00136. The van der Waals surface area contributed by atoms with E-state index in [1.807, 2.05) is 19.1 Å². The molecule has 0 aromatic carbocycles. The first kappa shape index (κ1) is 41.5. The van der Waals surface area contributed by atoms with E-state index in [-0.39, 0.29) is 55.6 Å². The van der Waals surface area contributed by atoms with E-state index in [2.05, 4.69) is 14.5 Å². The molecule has 0 amide bonds. The van der Waals surface area contributed by atoms with Gasteiger partial charge in [-0.25, -0.2) is 0 Å². The van der Waals surface area contributed by atoms with Gasteiger partial charge in [-0.2, -0.15) is 0 Å². The lowest BCUT2D eigenvalue weighted by molar-refractivity contribution is -0.790. The van der Waals surface area contributed by atoms with E-state index in [1.54, 1.807) is 6.92 Å². The molecular formula is C32H42N4O18. The van der Waals surface area contributed by atoms with Gasteiger partial charge in [0.05, 0.1) is 19.1 Å². The zero-order valence-corrected chi connectivity index (χ0v) is 29.5. The van der Waals surface area contributed by atoms with E-state index in [1.165, 1.54) is 6.08 Å². The van der Waals surface area contributed by atoms with Gasteiger partial charge in [0.1, 0.15) is 19.3 Å². The van der Waals surface area contributed by atoms with Crippen LogP contribution in [0.15, 0.2) is 23.8 Å². The Labute approximate surface area is 306 Å². The lowest BCUT2D eigenvalue weighted by Crippen LogP contribution is -2.63. The summed E-state index contributed by atoms with van der Waals surface area (Å²) >= 11 is 0. The standard InChI is InChI=1S/C32H42N4O18/c1-30-9-7-19(37)12-18(30)5-6-21-22-8-10-32(31(22,2)14-24(38)28(21)30,53-26(40)4-3-11-51-34(43)44)25(39)17-49-27(41)13-23(33)29(42)50-15-20(54-36(47)48)16-52-35(45)46/h5,7,9,20-24,28,38H,3-4,6,8,10-17,33H2,1-2H3/t20?,21?,22?,23?,24-,28+,30-,31-,32-/m0/s1. The number of carbonyl (C=O) groups is 5. The van der Waals surface area contributed by atoms with Crippen LogP contribution in [0.3, 0.4) is 0 Å². The third-order valence-electron chi connectivity index (χ3n) is 11.1. The zero-order valence-electron chi connectivity index (χ0n) is 29.5. The van der Waals surface area contributed by atoms with E-state index >= 15 is 0 Å². The minimum Gasteiger partial charge on any atom is -0.462 e.